The zero-order valence-corrected chi connectivity index (χ0v) is 9.19. The van der Waals surface area contributed by atoms with Gasteiger partial charge in [-0.3, -0.25) is 0 Å². The molecule has 0 spiro atoms. The van der Waals surface area contributed by atoms with Crippen molar-refractivity contribution in [2.24, 2.45) is 0 Å². The van der Waals surface area contributed by atoms with Crippen LogP contribution in [0.25, 0.3) is 5.57 Å². The van der Waals surface area contributed by atoms with E-state index in [4.69, 9.17) is 0 Å². The van der Waals surface area contributed by atoms with Gasteiger partial charge >= 0.3 is 0 Å². The molecule has 0 radical (unpaired) electrons. The maximum Gasteiger partial charge on any atom is 0.0344 e. The summed E-state index contributed by atoms with van der Waals surface area (Å²) in [4.78, 5) is 1.29. The highest BCUT2D eigenvalue weighted by Crippen LogP contribution is 2.21. The van der Waals surface area contributed by atoms with Crippen LogP contribution in [-0.2, 0) is 0 Å². The standard InChI is InChI=1S/C13H12S/c1-10-4-3-5-12(8-10)13-7-6-11(2)14-9-13/h3-8H,1-2H3. The Morgan fingerprint density at radius 2 is 2.00 bits per heavy atom. The Morgan fingerprint density at radius 1 is 1.14 bits per heavy atom. The minimum Gasteiger partial charge on any atom is -0.0972 e. The Balaban J connectivity index is 2.41. The summed E-state index contributed by atoms with van der Waals surface area (Å²) in [7, 11) is 0. The van der Waals surface area contributed by atoms with Crippen LogP contribution in [0.2, 0.25) is 0 Å². The fourth-order valence-corrected chi connectivity index (χ4v) is 1.96. The molecule has 1 aromatic carbocycles. The first-order valence-electron chi connectivity index (χ1n) is 4.64. The molecule has 1 heteroatoms. The Labute approximate surface area is 88.6 Å². The van der Waals surface area contributed by atoms with Crippen molar-refractivity contribution in [2.75, 3.05) is 0 Å². The van der Waals surface area contributed by atoms with Crippen LogP contribution in [0.3, 0.4) is 0 Å². The van der Waals surface area contributed by atoms with Gasteiger partial charge in [0.1, 0.15) is 0 Å². The number of hydrogen-bond acceptors (Lipinski definition) is 0. The van der Waals surface area contributed by atoms with Crippen molar-refractivity contribution in [3.05, 3.63) is 52.4 Å². The molecule has 0 bridgehead atoms. The lowest BCUT2D eigenvalue weighted by molar-refractivity contribution is 1.45. The van der Waals surface area contributed by atoms with Gasteiger partial charge in [-0.15, -0.1) is 0 Å². The van der Waals surface area contributed by atoms with E-state index in [2.05, 4.69) is 55.4 Å². The first-order chi connectivity index (χ1) is 6.75. The van der Waals surface area contributed by atoms with Crippen molar-refractivity contribution in [1.82, 2.24) is 0 Å². The van der Waals surface area contributed by atoms with E-state index >= 15 is 0 Å². The number of rotatable bonds is 1. The monoisotopic (exact) mass is 200 g/mol. The van der Waals surface area contributed by atoms with Crippen molar-refractivity contribution >= 4 is 16.7 Å². The summed E-state index contributed by atoms with van der Waals surface area (Å²) in [5.41, 5.74) is 3.73. The van der Waals surface area contributed by atoms with Crippen LogP contribution in [0, 0.1) is 12.1 Å². The molecule has 0 aromatic heterocycles. The molecule has 70 valence electrons. The van der Waals surface area contributed by atoms with Crippen molar-refractivity contribution in [3.8, 4) is 5.18 Å². The van der Waals surface area contributed by atoms with Crippen molar-refractivity contribution in [1.29, 1.82) is 0 Å². The summed E-state index contributed by atoms with van der Waals surface area (Å²) in [5, 5.41) is 3.32. The molecule has 0 saturated carbocycles. The predicted molar refractivity (Wildman–Crippen MR) is 64.4 cm³/mol. The molecular formula is C13H12S. The minimum absolute atomic E-state index is 1.18. The van der Waals surface area contributed by atoms with E-state index in [1.54, 1.807) is 11.2 Å². The predicted octanol–water partition coefficient (Wildman–Crippen LogP) is 3.99. The highest BCUT2D eigenvalue weighted by Gasteiger charge is 1.99. The maximum absolute atomic E-state index is 3.32. The number of allylic oxidation sites excluding steroid dienone is 4. The van der Waals surface area contributed by atoms with Crippen LogP contribution < -0.4 is 0 Å². The van der Waals surface area contributed by atoms with Crippen LogP contribution in [0.1, 0.15) is 18.1 Å². The Bertz CT molecular complexity index is 481. The Kier molecular flexibility index (Phi) is 2.53. The van der Waals surface area contributed by atoms with Crippen molar-refractivity contribution in [3.63, 3.8) is 0 Å². The zero-order chi connectivity index (χ0) is 9.97. The lowest BCUT2D eigenvalue weighted by Gasteiger charge is -2.03. The van der Waals surface area contributed by atoms with Gasteiger partial charge < -0.3 is 0 Å². The van der Waals surface area contributed by atoms with Gasteiger partial charge in [-0.25, -0.2) is 0 Å². The lowest BCUT2D eigenvalue weighted by atomic mass is 10.0. The molecule has 0 N–H and O–H groups in total. The first-order valence-corrected chi connectivity index (χ1v) is 5.46. The number of aryl methyl sites for hydroxylation is 1. The molecule has 2 rings (SSSR count). The summed E-state index contributed by atoms with van der Waals surface area (Å²) in [5.74, 6) is 0. The second-order valence-electron chi connectivity index (χ2n) is 3.43. The summed E-state index contributed by atoms with van der Waals surface area (Å²) < 4.78 is 0. The van der Waals surface area contributed by atoms with Crippen molar-refractivity contribution < 1.29 is 0 Å². The summed E-state index contributed by atoms with van der Waals surface area (Å²) in [6.45, 7) is 4.21. The van der Waals surface area contributed by atoms with E-state index in [9.17, 15) is 0 Å². The van der Waals surface area contributed by atoms with E-state index < -0.39 is 0 Å². The number of hydrogen-bond donors (Lipinski definition) is 0. The third-order valence-corrected chi connectivity index (χ3v) is 2.92. The summed E-state index contributed by atoms with van der Waals surface area (Å²) in [6.07, 6.45) is 4.26. The quantitative estimate of drug-likeness (QED) is 0.643. The normalized spacial score (nSPS) is 14.4. The fraction of sp³-hybridized carbons (Fsp3) is 0.154. The van der Waals surface area contributed by atoms with Crippen LogP contribution in [0.15, 0.2) is 41.3 Å². The van der Waals surface area contributed by atoms with Crippen LogP contribution in [-0.4, -0.2) is 0 Å². The van der Waals surface area contributed by atoms with Gasteiger partial charge in [0.25, 0.3) is 0 Å². The van der Waals surface area contributed by atoms with Crippen LogP contribution in [0.4, 0.5) is 0 Å². The summed E-state index contributed by atoms with van der Waals surface area (Å²) in [6, 6.07) is 8.51. The van der Waals surface area contributed by atoms with Crippen LogP contribution >= 0.6 is 11.2 Å². The second-order valence-corrected chi connectivity index (χ2v) is 4.48. The molecular weight excluding hydrogens is 188 g/mol. The summed E-state index contributed by atoms with van der Waals surface area (Å²) >= 11 is 1.67. The largest absolute Gasteiger partial charge is 0.0972 e. The van der Waals surface area contributed by atoms with Gasteiger partial charge in [0.2, 0.25) is 0 Å². The number of benzene rings is 1. The highest BCUT2D eigenvalue weighted by molar-refractivity contribution is 7.92. The van der Waals surface area contributed by atoms with Gasteiger partial charge in [0, 0.05) is 10.5 Å². The van der Waals surface area contributed by atoms with Gasteiger partial charge in [-0.05, 0) is 36.7 Å². The van der Waals surface area contributed by atoms with E-state index in [1.165, 1.54) is 21.6 Å². The molecule has 0 atom stereocenters. The van der Waals surface area contributed by atoms with Crippen LogP contribution in [0.5, 0.6) is 0 Å². The molecule has 0 unspecified atom stereocenters. The third kappa shape index (κ3) is 1.95. The van der Waals surface area contributed by atoms with E-state index in [1.807, 2.05) is 0 Å². The van der Waals surface area contributed by atoms with Gasteiger partial charge in [-0.1, -0.05) is 41.0 Å². The van der Waals surface area contributed by atoms with E-state index in [0.717, 1.165) is 0 Å². The zero-order valence-electron chi connectivity index (χ0n) is 8.37. The van der Waals surface area contributed by atoms with E-state index in [-0.39, 0.29) is 0 Å². The lowest BCUT2D eigenvalue weighted by Crippen LogP contribution is -1.83. The Morgan fingerprint density at radius 3 is 2.64 bits per heavy atom. The molecule has 1 aliphatic heterocycles. The molecule has 1 heterocycles. The van der Waals surface area contributed by atoms with E-state index in [0.29, 0.717) is 0 Å². The third-order valence-electron chi connectivity index (χ3n) is 2.14. The molecule has 0 fully saturated rings. The molecule has 0 amide bonds. The van der Waals surface area contributed by atoms with Gasteiger partial charge in [0.15, 0.2) is 0 Å². The average Bonchev–Trinajstić information content (AvgIpc) is 2.19. The minimum atomic E-state index is 1.18. The topological polar surface area (TPSA) is 0 Å². The molecule has 0 saturated heterocycles. The van der Waals surface area contributed by atoms with Crippen molar-refractivity contribution in [2.45, 2.75) is 13.8 Å². The Hall–Kier alpha value is -1.30. The maximum atomic E-state index is 3.32. The smallest absolute Gasteiger partial charge is 0.0344 e. The first kappa shape index (κ1) is 9.26. The molecule has 0 nitrogen and oxygen atoms in total. The average molecular weight is 200 g/mol. The molecule has 0 aliphatic carbocycles. The second kappa shape index (κ2) is 3.83. The molecule has 1 aromatic rings. The fourth-order valence-electron chi connectivity index (χ4n) is 1.37. The molecule has 14 heavy (non-hydrogen) atoms. The SMILES string of the molecule is CC1=CC=C(c2cccc(C)c2)C#S1. The van der Waals surface area contributed by atoms with Gasteiger partial charge in [-0.2, -0.15) is 0 Å². The molecule has 1 aliphatic rings. The van der Waals surface area contributed by atoms with Gasteiger partial charge in [0.05, 0.1) is 0 Å². The highest BCUT2D eigenvalue weighted by atomic mass is 32.1.